The second kappa shape index (κ2) is 8.51. The van der Waals surface area contributed by atoms with Crippen LogP contribution in [-0.2, 0) is 6.54 Å². The number of carbonyl (C=O) groups is 1. The van der Waals surface area contributed by atoms with E-state index in [2.05, 4.69) is 0 Å². The molecule has 0 unspecified atom stereocenters. The summed E-state index contributed by atoms with van der Waals surface area (Å²) in [5.74, 6) is -0.562. The molecule has 150 valence electrons. The number of hydrogen-bond acceptors (Lipinski definition) is 2. The smallest absolute Gasteiger partial charge is 0.253 e. The first-order valence-electron chi connectivity index (χ1n) is 9.42. The molecule has 0 saturated carbocycles. The molecule has 0 bridgehead atoms. The van der Waals surface area contributed by atoms with Gasteiger partial charge in [0.2, 0.25) is 0 Å². The maximum atomic E-state index is 13.2. The Morgan fingerprint density at radius 2 is 1.67 bits per heavy atom. The van der Waals surface area contributed by atoms with Crippen molar-refractivity contribution in [3.63, 3.8) is 0 Å². The fraction of sp³-hybridized carbons (Fsp3) is 0.0833. The van der Waals surface area contributed by atoms with Crippen molar-refractivity contribution in [3.8, 4) is 16.9 Å². The van der Waals surface area contributed by atoms with E-state index in [1.54, 1.807) is 16.6 Å². The van der Waals surface area contributed by atoms with Crippen molar-refractivity contribution >= 4 is 17.5 Å². The predicted molar refractivity (Wildman–Crippen MR) is 116 cm³/mol. The second-order valence-electron chi connectivity index (χ2n) is 6.96. The molecule has 1 heterocycles. The third kappa shape index (κ3) is 4.26. The molecule has 4 rings (SSSR count). The molecular weight excluding hydrogens is 401 g/mol. The summed E-state index contributed by atoms with van der Waals surface area (Å²) in [6.07, 6.45) is 1.92. The number of carbonyl (C=O) groups excluding carboxylic acids is 1. The quantitative estimate of drug-likeness (QED) is 0.422. The highest BCUT2D eigenvalue weighted by atomic mass is 35.5. The van der Waals surface area contributed by atoms with Gasteiger partial charge in [0.25, 0.3) is 5.91 Å². The van der Waals surface area contributed by atoms with Gasteiger partial charge in [0.1, 0.15) is 5.82 Å². The highest BCUT2D eigenvalue weighted by molar-refractivity contribution is 6.30. The lowest BCUT2D eigenvalue weighted by Crippen LogP contribution is -2.26. The molecule has 1 aromatic heterocycles. The SMILES string of the molecule is CN(Cc1cn(-c2ccccc2)nc1-c1ccc(Cl)cc1)C(=O)c1ccc(F)cc1. The average molecular weight is 420 g/mol. The van der Waals surface area contributed by atoms with Gasteiger partial charge in [-0.15, -0.1) is 0 Å². The van der Waals surface area contributed by atoms with Crippen molar-refractivity contribution in [1.82, 2.24) is 14.7 Å². The summed E-state index contributed by atoms with van der Waals surface area (Å²) >= 11 is 6.04. The molecule has 6 heteroatoms. The summed E-state index contributed by atoms with van der Waals surface area (Å²) in [6.45, 7) is 0.348. The van der Waals surface area contributed by atoms with E-state index in [0.29, 0.717) is 17.1 Å². The number of nitrogens with zero attached hydrogens (tertiary/aromatic N) is 3. The predicted octanol–water partition coefficient (Wildman–Crippen LogP) is 5.60. The summed E-state index contributed by atoms with van der Waals surface area (Å²) in [5.41, 5.74) is 3.92. The zero-order chi connectivity index (χ0) is 21.1. The molecule has 0 radical (unpaired) electrons. The van der Waals surface area contributed by atoms with Crippen molar-refractivity contribution in [1.29, 1.82) is 0 Å². The van der Waals surface area contributed by atoms with Crippen LogP contribution in [0.5, 0.6) is 0 Å². The minimum Gasteiger partial charge on any atom is -0.337 e. The summed E-state index contributed by atoms with van der Waals surface area (Å²) in [7, 11) is 1.72. The summed E-state index contributed by atoms with van der Waals surface area (Å²) in [4.78, 5) is 14.4. The molecule has 0 fully saturated rings. The third-order valence-electron chi connectivity index (χ3n) is 4.77. The first-order valence-corrected chi connectivity index (χ1v) is 9.80. The number of benzene rings is 3. The Kier molecular flexibility index (Phi) is 5.63. The van der Waals surface area contributed by atoms with Gasteiger partial charge in [0, 0.05) is 41.5 Å². The van der Waals surface area contributed by atoms with E-state index in [1.165, 1.54) is 24.3 Å². The van der Waals surface area contributed by atoms with E-state index in [1.807, 2.05) is 60.8 Å². The number of para-hydroxylation sites is 1. The van der Waals surface area contributed by atoms with E-state index in [9.17, 15) is 9.18 Å². The van der Waals surface area contributed by atoms with Crippen LogP contribution in [0.25, 0.3) is 16.9 Å². The topological polar surface area (TPSA) is 38.1 Å². The molecule has 1 amide bonds. The van der Waals surface area contributed by atoms with Gasteiger partial charge in [-0.2, -0.15) is 5.10 Å². The third-order valence-corrected chi connectivity index (χ3v) is 5.03. The van der Waals surface area contributed by atoms with Crippen LogP contribution in [0.4, 0.5) is 4.39 Å². The van der Waals surface area contributed by atoms with Crippen molar-refractivity contribution in [2.75, 3.05) is 7.05 Å². The fourth-order valence-corrected chi connectivity index (χ4v) is 3.36. The van der Waals surface area contributed by atoms with Gasteiger partial charge in [-0.05, 0) is 48.5 Å². The van der Waals surface area contributed by atoms with E-state index in [4.69, 9.17) is 16.7 Å². The Balaban J connectivity index is 1.68. The van der Waals surface area contributed by atoms with Crippen molar-refractivity contribution in [2.45, 2.75) is 6.54 Å². The molecule has 4 aromatic rings. The zero-order valence-corrected chi connectivity index (χ0v) is 17.1. The number of amides is 1. The van der Waals surface area contributed by atoms with Crippen LogP contribution in [0.1, 0.15) is 15.9 Å². The van der Waals surface area contributed by atoms with Crippen LogP contribution in [0.15, 0.2) is 85.1 Å². The summed E-state index contributed by atoms with van der Waals surface area (Å²) in [5, 5.41) is 5.41. The molecule has 0 aliphatic rings. The van der Waals surface area contributed by atoms with Gasteiger partial charge in [-0.25, -0.2) is 9.07 Å². The van der Waals surface area contributed by atoms with Gasteiger partial charge in [0.05, 0.1) is 11.4 Å². The Morgan fingerprint density at radius 1 is 1.00 bits per heavy atom. The standard InChI is InChI=1S/C24H19ClFN3O/c1-28(24(30)18-9-13-21(26)14-10-18)15-19-16-29(22-5-3-2-4-6-22)27-23(19)17-7-11-20(25)12-8-17/h2-14,16H,15H2,1H3. The minimum atomic E-state index is -0.372. The highest BCUT2D eigenvalue weighted by Gasteiger charge is 2.18. The minimum absolute atomic E-state index is 0.190. The normalized spacial score (nSPS) is 10.8. The van der Waals surface area contributed by atoms with E-state index in [0.717, 1.165) is 22.5 Å². The maximum Gasteiger partial charge on any atom is 0.253 e. The number of halogens is 2. The largest absolute Gasteiger partial charge is 0.337 e. The lowest BCUT2D eigenvalue weighted by molar-refractivity contribution is 0.0785. The highest BCUT2D eigenvalue weighted by Crippen LogP contribution is 2.26. The van der Waals surface area contributed by atoms with Crippen LogP contribution in [0, 0.1) is 5.82 Å². The lowest BCUT2D eigenvalue weighted by Gasteiger charge is -2.17. The monoisotopic (exact) mass is 419 g/mol. The Bertz CT molecular complexity index is 1160. The van der Waals surface area contributed by atoms with E-state index >= 15 is 0 Å². The van der Waals surface area contributed by atoms with E-state index < -0.39 is 0 Å². The van der Waals surface area contributed by atoms with Crippen LogP contribution >= 0.6 is 11.6 Å². The number of aromatic nitrogens is 2. The molecule has 3 aromatic carbocycles. The molecular formula is C24H19ClFN3O. The fourth-order valence-electron chi connectivity index (χ4n) is 3.23. The number of rotatable bonds is 5. The zero-order valence-electron chi connectivity index (χ0n) is 16.3. The molecule has 0 spiro atoms. The maximum absolute atomic E-state index is 13.2. The summed E-state index contributed by atoms with van der Waals surface area (Å²) in [6, 6.07) is 22.8. The van der Waals surface area contributed by atoms with Gasteiger partial charge >= 0.3 is 0 Å². The first-order chi connectivity index (χ1) is 14.5. The Hall–Kier alpha value is -3.44. The van der Waals surface area contributed by atoms with Crippen LogP contribution in [0.2, 0.25) is 5.02 Å². The van der Waals surface area contributed by atoms with Crippen LogP contribution in [0.3, 0.4) is 0 Å². The van der Waals surface area contributed by atoms with Crippen LogP contribution < -0.4 is 0 Å². The van der Waals surface area contributed by atoms with Gasteiger partial charge in [-0.3, -0.25) is 4.79 Å². The molecule has 0 saturated heterocycles. The van der Waals surface area contributed by atoms with Gasteiger partial charge in [0.15, 0.2) is 0 Å². The second-order valence-corrected chi connectivity index (χ2v) is 7.39. The molecule has 0 N–H and O–H groups in total. The molecule has 4 nitrogen and oxygen atoms in total. The Morgan fingerprint density at radius 3 is 2.33 bits per heavy atom. The first kappa shape index (κ1) is 19.9. The van der Waals surface area contributed by atoms with E-state index in [-0.39, 0.29) is 11.7 Å². The number of hydrogen-bond donors (Lipinski definition) is 0. The van der Waals surface area contributed by atoms with Crippen LogP contribution in [-0.4, -0.2) is 27.6 Å². The van der Waals surface area contributed by atoms with Crippen molar-refractivity contribution < 1.29 is 9.18 Å². The van der Waals surface area contributed by atoms with Crippen molar-refractivity contribution in [3.05, 3.63) is 107 Å². The lowest BCUT2D eigenvalue weighted by atomic mass is 10.1. The molecule has 0 aliphatic carbocycles. The van der Waals surface area contributed by atoms with Gasteiger partial charge < -0.3 is 4.90 Å². The average Bonchev–Trinajstić information content (AvgIpc) is 3.18. The Labute approximate surface area is 179 Å². The van der Waals surface area contributed by atoms with Crippen molar-refractivity contribution in [2.24, 2.45) is 0 Å². The van der Waals surface area contributed by atoms with Gasteiger partial charge in [-0.1, -0.05) is 41.9 Å². The summed E-state index contributed by atoms with van der Waals surface area (Å²) < 4.78 is 15.0. The molecule has 30 heavy (non-hydrogen) atoms. The molecule has 0 aliphatic heterocycles. The molecule has 0 atom stereocenters.